The van der Waals surface area contributed by atoms with E-state index in [2.05, 4.69) is 35.6 Å². The molecule has 1 aromatic heterocycles. The molecule has 15 heavy (non-hydrogen) atoms. The molecule has 0 atom stereocenters. The highest BCUT2D eigenvalue weighted by atomic mass is 32.1. The molecule has 0 saturated heterocycles. The molecule has 80 valence electrons. The number of fused-ring (bicyclic) bond motifs is 1. The topological polar surface area (TPSA) is 38.0 Å². The zero-order valence-corrected chi connectivity index (χ0v) is 9.52. The fourth-order valence-electron chi connectivity index (χ4n) is 1.56. The van der Waals surface area contributed by atoms with E-state index >= 15 is 0 Å². The van der Waals surface area contributed by atoms with Crippen LogP contribution in [0.4, 0.5) is 0 Å². The minimum Gasteiger partial charge on any atom is -0.330 e. The van der Waals surface area contributed by atoms with Crippen LogP contribution in [0.25, 0.3) is 10.1 Å². The Hall–Kier alpha value is -0.900. The Morgan fingerprint density at radius 1 is 1.27 bits per heavy atom. The zero-order valence-electron chi connectivity index (χ0n) is 8.70. The Labute approximate surface area is 94.1 Å². The maximum absolute atomic E-state index is 5.43. The van der Waals surface area contributed by atoms with Crippen LogP contribution in [-0.2, 0) is 6.54 Å². The van der Waals surface area contributed by atoms with E-state index in [1.165, 1.54) is 15.0 Å². The molecule has 0 bridgehead atoms. The van der Waals surface area contributed by atoms with Gasteiger partial charge in [-0.2, -0.15) is 0 Å². The smallest absolute Gasteiger partial charge is 0.0346 e. The molecule has 0 radical (unpaired) electrons. The van der Waals surface area contributed by atoms with Crippen molar-refractivity contribution in [2.24, 2.45) is 5.73 Å². The molecule has 0 amide bonds. The van der Waals surface area contributed by atoms with Crippen molar-refractivity contribution >= 4 is 21.4 Å². The Morgan fingerprint density at radius 2 is 2.13 bits per heavy atom. The van der Waals surface area contributed by atoms with Gasteiger partial charge in [-0.1, -0.05) is 18.2 Å². The molecule has 1 aromatic carbocycles. The highest BCUT2D eigenvalue weighted by Gasteiger charge is 1.99. The third-order valence-electron chi connectivity index (χ3n) is 2.33. The third-order valence-corrected chi connectivity index (χ3v) is 3.45. The summed E-state index contributed by atoms with van der Waals surface area (Å²) in [4.78, 5) is 1.40. The minimum atomic E-state index is 0.763. The van der Waals surface area contributed by atoms with E-state index in [9.17, 15) is 0 Å². The Bertz CT molecular complexity index is 389. The van der Waals surface area contributed by atoms with Crippen molar-refractivity contribution in [1.82, 2.24) is 5.32 Å². The Kier molecular flexibility index (Phi) is 3.72. The van der Waals surface area contributed by atoms with E-state index in [0.29, 0.717) is 0 Å². The molecule has 3 heteroatoms. The van der Waals surface area contributed by atoms with Gasteiger partial charge >= 0.3 is 0 Å². The van der Waals surface area contributed by atoms with Gasteiger partial charge in [0.1, 0.15) is 0 Å². The number of hydrogen-bond acceptors (Lipinski definition) is 3. The van der Waals surface area contributed by atoms with Gasteiger partial charge in [-0.05, 0) is 37.0 Å². The predicted molar refractivity (Wildman–Crippen MR) is 67.2 cm³/mol. The summed E-state index contributed by atoms with van der Waals surface area (Å²) >= 11 is 1.86. The first kappa shape index (κ1) is 10.6. The van der Waals surface area contributed by atoms with E-state index in [-0.39, 0.29) is 0 Å². The molecule has 1 heterocycles. The number of nitrogens with two attached hydrogens (primary N) is 1. The first-order valence-corrected chi connectivity index (χ1v) is 6.10. The van der Waals surface area contributed by atoms with Crippen molar-refractivity contribution in [1.29, 1.82) is 0 Å². The molecule has 3 N–H and O–H groups in total. The van der Waals surface area contributed by atoms with Gasteiger partial charge in [0.2, 0.25) is 0 Å². The van der Waals surface area contributed by atoms with Gasteiger partial charge in [-0.25, -0.2) is 0 Å². The summed E-state index contributed by atoms with van der Waals surface area (Å²) in [5.41, 5.74) is 5.43. The highest BCUT2D eigenvalue weighted by molar-refractivity contribution is 7.19. The first-order valence-electron chi connectivity index (χ1n) is 5.28. The predicted octanol–water partition coefficient (Wildman–Crippen LogP) is 2.34. The number of rotatable bonds is 5. The second-order valence-electron chi connectivity index (χ2n) is 3.57. The summed E-state index contributed by atoms with van der Waals surface area (Å²) in [5.74, 6) is 0. The first-order chi connectivity index (χ1) is 7.40. The van der Waals surface area contributed by atoms with Crippen LogP contribution >= 0.6 is 11.3 Å². The number of nitrogens with one attached hydrogen (secondary N) is 1. The lowest BCUT2D eigenvalue weighted by Gasteiger charge is -1.99. The quantitative estimate of drug-likeness (QED) is 0.759. The second kappa shape index (κ2) is 5.26. The van der Waals surface area contributed by atoms with Crippen LogP contribution in [0.3, 0.4) is 0 Å². The van der Waals surface area contributed by atoms with Gasteiger partial charge < -0.3 is 11.1 Å². The molecule has 2 aromatic rings. The van der Waals surface area contributed by atoms with Gasteiger partial charge in [0.25, 0.3) is 0 Å². The molecule has 0 aliphatic rings. The van der Waals surface area contributed by atoms with Crippen molar-refractivity contribution in [3.05, 3.63) is 35.2 Å². The van der Waals surface area contributed by atoms with Crippen molar-refractivity contribution < 1.29 is 0 Å². The fourth-order valence-corrected chi connectivity index (χ4v) is 2.60. The summed E-state index contributed by atoms with van der Waals surface area (Å²) in [6, 6.07) is 10.8. The van der Waals surface area contributed by atoms with Gasteiger partial charge in [0.15, 0.2) is 0 Å². The van der Waals surface area contributed by atoms with Crippen LogP contribution in [0, 0.1) is 0 Å². The van der Waals surface area contributed by atoms with Crippen molar-refractivity contribution in [2.75, 3.05) is 13.1 Å². The van der Waals surface area contributed by atoms with Gasteiger partial charge in [0.05, 0.1) is 0 Å². The molecule has 0 spiro atoms. The molecule has 0 saturated carbocycles. The normalized spacial score (nSPS) is 11.0. The van der Waals surface area contributed by atoms with Crippen LogP contribution in [0.1, 0.15) is 11.3 Å². The minimum absolute atomic E-state index is 0.763. The molecule has 0 fully saturated rings. The van der Waals surface area contributed by atoms with Gasteiger partial charge in [-0.15, -0.1) is 11.3 Å². The van der Waals surface area contributed by atoms with Crippen LogP contribution in [0.15, 0.2) is 30.3 Å². The highest BCUT2D eigenvalue weighted by Crippen LogP contribution is 2.24. The largest absolute Gasteiger partial charge is 0.330 e. The number of benzene rings is 1. The molecule has 2 rings (SSSR count). The summed E-state index contributed by atoms with van der Waals surface area (Å²) in [5, 5.41) is 4.74. The average molecular weight is 220 g/mol. The summed E-state index contributed by atoms with van der Waals surface area (Å²) in [6.07, 6.45) is 1.05. The lowest BCUT2D eigenvalue weighted by atomic mass is 10.2. The van der Waals surface area contributed by atoms with Crippen LogP contribution in [0.5, 0.6) is 0 Å². The second-order valence-corrected chi connectivity index (χ2v) is 4.74. The molecule has 0 aliphatic carbocycles. The lowest BCUT2D eigenvalue weighted by molar-refractivity contribution is 0.661. The van der Waals surface area contributed by atoms with Crippen LogP contribution < -0.4 is 11.1 Å². The maximum atomic E-state index is 5.43. The summed E-state index contributed by atoms with van der Waals surface area (Å²) in [7, 11) is 0. The Balaban J connectivity index is 1.97. The van der Waals surface area contributed by atoms with E-state index in [4.69, 9.17) is 5.73 Å². The molecule has 2 nitrogen and oxygen atoms in total. The molecular formula is C12H16N2S. The standard InChI is InChI=1S/C12H16N2S/c13-6-3-7-14-9-11-8-10-4-1-2-5-12(10)15-11/h1-2,4-5,8,14H,3,6-7,9,13H2. The van der Waals surface area contributed by atoms with E-state index in [1.807, 2.05) is 11.3 Å². The monoisotopic (exact) mass is 220 g/mol. The molecule has 0 aliphatic heterocycles. The number of hydrogen-bond donors (Lipinski definition) is 2. The lowest BCUT2D eigenvalue weighted by Crippen LogP contribution is -2.16. The van der Waals surface area contributed by atoms with E-state index in [1.54, 1.807) is 0 Å². The SMILES string of the molecule is NCCCNCc1cc2ccccc2s1. The van der Waals surface area contributed by atoms with Crippen LogP contribution in [-0.4, -0.2) is 13.1 Å². The van der Waals surface area contributed by atoms with Gasteiger partial charge in [-0.3, -0.25) is 0 Å². The van der Waals surface area contributed by atoms with Crippen LogP contribution in [0.2, 0.25) is 0 Å². The van der Waals surface area contributed by atoms with Crippen molar-refractivity contribution in [2.45, 2.75) is 13.0 Å². The summed E-state index contributed by atoms with van der Waals surface area (Å²) < 4.78 is 1.37. The average Bonchev–Trinajstić information content (AvgIpc) is 2.67. The van der Waals surface area contributed by atoms with Crippen molar-refractivity contribution in [3.8, 4) is 0 Å². The maximum Gasteiger partial charge on any atom is 0.0346 e. The van der Waals surface area contributed by atoms with Gasteiger partial charge in [0, 0.05) is 16.1 Å². The molecule has 0 unspecified atom stereocenters. The summed E-state index contributed by atoms with van der Waals surface area (Å²) in [6.45, 7) is 2.73. The van der Waals surface area contributed by atoms with E-state index in [0.717, 1.165) is 26.1 Å². The molecular weight excluding hydrogens is 204 g/mol. The van der Waals surface area contributed by atoms with Crippen molar-refractivity contribution in [3.63, 3.8) is 0 Å². The number of thiophene rings is 1. The van der Waals surface area contributed by atoms with E-state index < -0.39 is 0 Å². The Morgan fingerprint density at radius 3 is 2.93 bits per heavy atom. The zero-order chi connectivity index (χ0) is 10.5. The fraction of sp³-hybridized carbons (Fsp3) is 0.333. The third kappa shape index (κ3) is 2.78.